The van der Waals surface area contributed by atoms with E-state index in [0.717, 1.165) is 42.6 Å². The summed E-state index contributed by atoms with van der Waals surface area (Å²) in [6.45, 7) is 1.97. The summed E-state index contributed by atoms with van der Waals surface area (Å²) in [6, 6.07) is 3.79. The summed E-state index contributed by atoms with van der Waals surface area (Å²) in [5.41, 5.74) is 9.85. The molecule has 4 heterocycles. The molecule has 0 spiro atoms. The lowest BCUT2D eigenvalue weighted by Crippen LogP contribution is -2.24. The number of carbonyl (C=O) groups is 1. The molecule has 0 radical (unpaired) electrons. The number of nitrogens with zero attached hydrogens (tertiary/aromatic N) is 5. The number of methoxy groups -OCH3 is 1. The van der Waals surface area contributed by atoms with Crippen LogP contribution in [0, 0.1) is 12.8 Å². The molecule has 33 heavy (non-hydrogen) atoms. The predicted molar refractivity (Wildman–Crippen MR) is 123 cm³/mol. The number of nitrogen functional groups attached to an aromatic ring is 1. The third kappa shape index (κ3) is 4.11. The van der Waals surface area contributed by atoms with E-state index in [-0.39, 0.29) is 29.3 Å². The van der Waals surface area contributed by atoms with Crippen molar-refractivity contribution >= 4 is 17.2 Å². The first-order chi connectivity index (χ1) is 16.0. The Morgan fingerprint density at radius 1 is 1.24 bits per heavy atom. The Bertz CT molecular complexity index is 1300. The molecule has 2 atom stereocenters. The van der Waals surface area contributed by atoms with Gasteiger partial charge in [-0.15, -0.1) is 0 Å². The molecule has 0 bridgehead atoms. The molecule has 9 nitrogen and oxygen atoms in total. The van der Waals surface area contributed by atoms with Crippen molar-refractivity contribution in [3.05, 3.63) is 48.4 Å². The number of oxazole rings is 1. The van der Waals surface area contributed by atoms with Crippen LogP contribution in [0.5, 0.6) is 0 Å². The van der Waals surface area contributed by atoms with E-state index in [9.17, 15) is 4.79 Å². The van der Waals surface area contributed by atoms with Gasteiger partial charge >= 0.3 is 0 Å². The van der Waals surface area contributed by atoms with Gasteiger partial charge in [0.1, 0.15) is 23.3 Å². The normalized spacial score (nSPS) is 18.6. The number of carbonyl (C=O) groups excluding carboxylic acids is 1. The second kappa shape index (κ2) is 8.74. The highest BCUT2D eigenvalue weighted by Gasteiger charge is 2.27. The van der Waals surface area contributed by atoms with Crippen molar-refractivity contribution in [2.24, 2.45) is 5.92 Å². The number of aromatic nitrogens is 5. The topological polar surface area (TPSA) is 121 Å². The summed E-state index contributed by atoms with van der Waals surface area (Å²) in [5, 5.41) is 0. The Kier molecular flexibility index (Phi) is 5.63. The maximum atomic E-state index is 13.3. The van der Waals surface area contributed by atoms with Crippen molar-refractivity contribution < 1.29 is 13.9 Å². The Morgan fingerprint density at radius 2 is 2.12 bits per heavy atom. The van der Waals surface area contributed by atoms with Crippen molar-refractivity contribution in [3.8, 4) is 22.8 Å². The van der Waals surface area contributed by atoms with Crippen LogP contribution in [-0.4, -0.2) is 43.3 Å². The zero-order chi connectivity index (χ0) is 22.9. The van der Waals surface area contributed by atoms with Gasteiger partial charge in [0.15, 0.2) is 17.3 Å². The first kappa shape index (κ1) is 21.3. The van der Waals surface area contributed by atoms with Crippen molar-refractivity contribution in [2.45, 2.75) is 45.1 Å². The minimum absolute atomic E-state index is 0.0796. The fraction of sp³-hybridized carbons (Fsp3) is 0.375. The third-order valence-corrected chi connectivity index (χ3v) is 6.33. The molecular weight excluding hydrogens is 420 g/mol. The van der Waals surface area contributed by atoms with Gasteiger partial charge in [0.25, 0.3) is 0 Å². The third-order valence-electron chi connectivity index (χ3n) is 6.33. The van der Waals surface area contributed by atoms with E-state index in [1.807, 2.05) is 29.7 Å². The highest BCUT2D eigenvalue weighted by molar-refractivity contribution is 5.99. The van der Waals surface area contributed by atoms with Crippen LogP contribution in [-0.2, 0) is 4.74 Å². The molecule has 1 aliphatic carbocycles. The van der Waals surface area contributed by atoms with Crippen molar-refractivity contribution in [2.75, 3.05) is 12.8 Å². The Morgan fingerprint density at radius 3 is 2.91 bits per heavy atom. The molecule has 5 rings (SSSR count). The van der Waals surface area contributed by atoms with Gasteiger partial charge in [-0.2, -0.15) is 0 Å². The fourth-order valence-corrected chi connectivity index (χ4v) is 4.59. The monoisotopic (exact) mass is 446 g/mol. The number of hydrogen-bond donors (Lipinski definition) is 1. The van der Waals surface area contributed by atoms with Crippen LogP contribution >= 0.6 is 0 Å². The number of aryl methyl sites for hydroxylation is 1. The summed E-state index contributed by atoms with van der Waals surface area (Å²) in [7, 11) is 1.73. The van der Waals surface area contributed by atoms with E-state index in [1.165, 1.54) is 12.5 Å². The second-order valence-electron chi connectivity index (χ2n) is 8.56. The van der Waals surface area contributed by atoms with Gasteiger partial charge in [0, 0.05) is 37.2 Å². The number of fused-ring (bicyclic) bond motifs is 1. The number of ketones is 1. The van der Waals surface area contributed by atoms with Gasteiger partial charge in [-0.25, -0.2) is 19.9 Å². The van der Waals surface area contributed by atoms with Crippen LogP contribution in [0.15, 0.2) is 41.4 Å². The van der Waals surface area contributed by atoms with Gasteiger partial charge in [-0.05, 0) is 44.2 Å². The number of pyridine rings is 1. The Labute approximate surface area is 191 Å². The number of anilines is 1. The van der Waals surface area contributed by atoms with Crippen molar-refractivity contribution in [1.82, 2.24) is 24.3 Å². The number of hydrogen-bond acceptors (Lipinski definition) is 8. The van der Waals surface area contributed by atoms with Crippen molar-refractivity contribution in [3.63, 3.8) is 0 Å². The molecule has 0 aliphatic heterocycles. The molecule has 2 unspecified atom stereocenters. The van der Waals surface area contributed by atoms with Crippen LogP contribution in [0.2, 0.25) is 0 Å². The zero-order valence-corrected chi connectivity index (χ0v) is 18.7. The van der Waals surface area contributed by atoms with Crippen LogP contribution in [0.25, 0.3) is 28.5 Å². The summed E-state index contributed by atoms with van der Waals surface area (Å²) in [6.07, 6.45) is 11.2. The lowest BCUT2D eigenvalue weighted by atomic mass is 9.83. The summed E-state index contributed by atoms with van der Waals surface area (Å²) in [4.78, 5) is 31.1. The van der Waals surface area contributed by atoms with Crippen LogP contribution in [0.4, 0.5) is 5.82 Å². The van der Waals surface area contributed by atoms with Gasteiger partial charge in [0.05, 0.1) is 12.3 Å². The highest BCUT2D eigenvalue weighted by atomic mass is 16.5. The molecule has 0 aromatic carbocycles. The predicted octanol–water partition coefficient (Wildman–Crippen LogP) is 4.11. The van der Waals surface area contributed by atoms with Gasteiger partial charge in [-0.1, -0.05) is 6.42 Å². The Hall–Kier alpha value is -3.59. The number of rotatable bonds is 6. The number of imidazole rings is 1. The van der Waals surface area contributed by atoms with E-state index in [0.29, 0.717) is 23.7 Å². The lowest BCUT2D eigenvalue weighted by Gasteiger charge is -2.27. The molecule has 1 fully saturated rings. The van der Waals surface area contributed by atoms with E-state index in [4.69, 9.17) is 19.9 Å². The average molecular weight is 447 g/mol. The maximum absolute atomic E-state index is 13.3. The van der Waals surface area contributed by atoms with Crippen LogP contribution < -0.4 is 5.73 Å². The molecule has 0 amide bonds. The van der Waals surface area contributed by atoms with E-state index < -0.39 is 0 Å². The average Bonchev–Trinajstić information content (AvgIpc) is 3.49. The van der Waals surface area contributed by atoms with E-state index in [2.05, 4.69) is 15.0 Å². The fourth-order valence-electron chi connectivity index (χ4n) is 4.59. The lowest BCUT2D eigenvalue weighted by molar-refractivity contribution is 0.0478. The first-order valence-corrected chi connectivity index (χ1v) is 11.1. The summed E-state index contributed by atoms with van der Waals surface area (Å²) in [5.74, 6) is 0.510. The molecule has 4 aromatic rings. The highest BCUT2D eigenvalue weighted by Crippen LogP contribution is 2.33. The summed E-state index contributed by atoms with van der Waals surface area (Å²) >= 11 is 0. The molecule has 4 aromatic heterocycles. The van der Waals surface area contributed by atoms with Crippen molar-refractivity contribution in [1.29, 1.82) is 0 Å². The second-order valence-corrected chi connectivity index (χ2v) is 8.56. The first-order valence-electron chi connectivity index (χ1n) is 11.1. The van der Waals surface area contributed by atoms with Gasteiger partial charge < -0.3 is 19.3 Å². The SMILES string of the molecule is COC1CCCC(CC(=O)c2nc(-c3ccc4ncc(C)n4c3)c(-c3ncco3)nc2N)C1. The minimum atomic E-state index is -0.109. The van der Waals surface area contributed by atoms with Gasteiger partial charge in [-0.3, -0.25) is 4.79 Å². The number of Topliss-reactive ketones (excluding diaryl/α,β-unsaturated/α-hetero) is 1. The van der Waals surface area contributed by atoms with Gasteiger partial charge in [0.2, 0.25) is 5.89 Å². The summed E-state index contributed by atoms with van der Waals surface area (Å²) < 4.78 is 13.0. The van der Waals surface area contributed by atoms with E-state index >= 15 is 0 Å². The van der Waals surface area contributed by atoms with Crippen LogP contribution in [0.1, 0.15) is 48.3 Å². The molecule has 1 aliphatic rings. The minimum Gasteiger partial charge on any atom is -0.443 e. The standard InChI is InChI=1S/C24H26N6O3/c1-14-12-27-19-7-6-16(13-30(14)19)20-22(24-26-8-9-33-24)29-23(25)21(28-20)18(31)11-15-4-3-5-17(10-15)32-2/h6-9,12-13,15,17H,3-5,10-11H2,1-2H3,(H2,25,29). The molecule has 170 valence electrons. The largest absolute Gasteiger partial charge is 0.443 e. The molecule has 0 saturated heterocycles. The number of ether oxygens (including phenoxy) is 1. The molecular formula is C24H26N6O3. The van der Waals surface area contributed by atoms with Crippen LogP contribution in [0.3, 0.4) is 0 Å². The quantitative estimate of drug-likeness (QED) is 0.439. The van der Waals surface area contributed by atoms with E-state index in [1.54, 1.807) is 13.3 Å². The maximum Gasteiger partial charge on any atom is 0.247 e. The Balaban J connectivity index is 1.55. The number of nitrogens with two attached hydrogens (primary N) is 1. The molecule has 2 N–H and O–H groups in total. The molecule has 9 heteroatoms. The smallest absolute Gasteiger partial charge is 0.247 e. The zero-order valence-electron chi connectivity index (χ0n) is 18.7. The molecule has 1 saturated carbocycles.